The standard InChI is InChI=1S/C15H22N2O/c1-11-5-3-4-6-14(11)12(2)17-15(18)9-13-7-8-16-10-13/h3-6,12-13,16H,7-10H2,1-2H3,(H,17,18)/t12-,13?/m1/s1. The van der Waals surface area contributed by atoms with Crippen molar-refractivity contribution in [2.45, 2.75) is 32.7 Å². The van der Waals surface area contributed by atoms with Crippen molar-refractivity contribution in [2.24, 2.45) is 5.92 Å². The molecule has 1 saturated heterocycles. The lowest BCUT2D eigenvalue weighted by atomic mass is 10.0. The van der Waals surface area contributed by atoms with Crippen LogP contribution in [0.15, 0.2) is 24.3 Å². The molecule has 3 heteroatoms. The number of hydrogen-bond acceptors (Lipinski definition) is 2. The molecule has 0 radical (unpaired) electrons. The SMILES string of the molecule is Cc1ccccc1[C@@H](C)NC(=O)CC1CCNC1. The fraction of sp³-hybridized carbons (Fsp3) is 0.533. The molecule has 2 N–H and O–H groups in total. The fourth-order valence-electron chi connectivity index (χ4n) is 2.60. The van der Waals surface area contributed by atoms with Crippen molar-refractivity contribution in [1.82, 2.24) is 10.6 Å². The minimum absolute atomic E-state index is 0.0908. The van der Waals surface area contributed by atoms with Gasteiger partial charge in [-0.1, -0.05) is 24.3 Å². The number of carbonyl (C=O) groups is 1. The highest BCUT2D eigenvalue weighted by atomic mass is 16.1. The summed E-state index contributed by atoms with van der Waals surface area (Å²) in [6.07, 6.45) is 1.76. The number of hydrogen-bond donors (Lipinski definition) is 2. The first-order valence-electron chi connectivity index (χ1n) is 6.72. The average Bonchev–Trinajstić information content (AvgIpc) is 2.82. The van der Waals surface area contributed by atoms with Crippen molar-refractivity contribution in [3.05, 3.63) is 35.4 Å². The monoisotopic (exact) mass is 246 g/mol. The molecule has 1 aromatic rings. The normalized spacial score (nSPS) is 20.7. The molecule has 1 aliphatic rings. The van der Waals surface area contributed by atoms with Crippen LogP contribution in [0.25, 0.3) is 0 Å². The second kappa shape index (κ2) is 6.01. The third kappa shape index (κ3) is 3.33. The Morgan fingerprint density at radius 1 is 1.50 bits per heavy atom. The van der Waals surface area contributed by atoms with Gasteiger partial charge in [-0.05, 0) is 50.4 Å². The van der Waals surface area contributed by atoms with Crippen LogP contribution in [0.4, 0.5) is 0 Å². The minimum Gasteiger partial charge on any atom is -0.350 e. The van der Waals surface area contributed by atoms with Crippen LogP contribution in [0.2, 0.25) is 0 Å². The van der Waals surface area contributed by atoms with E-state index in [0.29, 0.717) is 12.3 Å². The number of carbonyl (C=O) groups excluding carboxylic acids is 1. The van der Waals surface area contributed by atoms with Gasteiger partial charge in [-0.15, -0.1) is 0 Å². The molecule has 0 saturated carbocycles. The van der Waals surface area contributed by atoms with Gasteiger partial charge in [0.15, 0.2) is 0 Å². The second-order valence-electron chi connectivity index (χ2n) is 5.21. The zero-order valence-electron chi connectivity index (χ0n) is 11.2. The summed E-state index contributed by atoms with van der Waals surface area (Å²) >= 11 is 0. The maximum atomic E-state index is 12.0. The van der Waals surface area contributed by atoms with E-state index in [1.807, 2.05) is 19.1 Å². The summed E-state index contributed by atoms with van der Waals surface area (Å²) in [5, 5.41) is 6.39. The summed E-state index contributed by atoms with van der Waals surface area (Å²) < 4.78 is 0. The molecule has 0 aliphatic carbocycles. The average molecular weight is 246 g/mol. The smallest absolute Gasteiger partial charge is 0.220 e. The van der Waals surface area contributed by atoms with Crippen LogP contribution >= 0.6 is 0 Å². The van der Waals surface area contributed by atoms with Gasteiger partial charge in [0.25, 0.3) is 0 Å². The highest BCUT2D eigenvalue weighted by Crippen LogP contribution is 2.18. The lowest BCUT2D eigenvalue weighted by molar-refractivity contribution is -0.122. The van der Waals surface area contributed by atoms with Crippen molar-refractivity contribution >= 4 is 5.91 Å². The molecule has 3 nitrogen and oxygen atoms in total. The first-order valence-corrected chi connectivity index (χ1v) is 6.72. The summed E-state index contributed by atoms with van der Waals surface area (Å²) in [4.78, 5) is 12.0. The Morgan fingerprint density at radius 2 is 2.28 bits per heavy atom. The Morgan fingerprint density at radius 3 is 2.94 bits per heavy atom. The van der Waals surface area contributed by atoms with Crippen molar-refractivity contribution < 1.29 is 4.79 Å². The molecule has 1 heterocycles. The van der Waals surface area contributed by atoms with Crippen LogP contribution in [0.1, 0.15) is 36.9 Å². The molecule has 18 heavy (non-hydrogen) atoms. The second-order valence-corrected chi connectivity index (χ2v) is 5.21. The molecule has 1 unspecified atom stereocenters. The molecule has 0 bridgehead atoms. The van der Waals surface area contributed by atoms with E-state index in [-0.39, 0.29) is 11.9 Å². The first-order chi connectivity index (χ1) is 8.66. The fourth-order valence-corrected chi connectivity index (χ4v) is 2.60. The van der Waals surface area contributed by atoms with Gasteiger partial charge in [0.1, 0.15) is 0 Å². The van der Waals surface area contributed by atoms with Crippen LogP contribution in [0.5, 0.6) is 0 Å². The van der Waals surface area contributed by atoms with Crippen LogP contribution in [0, 0.1) is 12.8 Å². The van der Waals surface area contributed by atoms with Crippen molar-refractivity contribution in [2.75, 3.05) is 13.1 Å². The van der Waals surface area contributed by atoms with Gasteiger partial charge in [-0.25, -0.2) is 0 Å². The van der Waals surface area contributed by atoms with Crippen LogP contribution in [-0.4, -0.2) is 19.0 Å². The van der Waals surface area contributed by atoms with Crippen molar-refractivity contribution in [1.29, 1.82) is 0 Å². The van der Waals surface area contributed by atoms with Gasteiger partial charge in [-0.2, -0.15) is 0 Å². The molecule has 0 spiro atoms. The topological polar surface area (TPSA) is 41.1 Å². The summed E-state index contributed by atoms with van der Waals surface area (Å²) in [7, 11) is 0. The molecule has 1 amide bonds. The predicted molar refractivity (Wildman–Crippen MR) is 73.3 cm³/mol. The van der Waals surface area contributed by atoms with Crippen LogP contribution < -0.4 is 10.6 Å². The van der Waals surface area contributed by atoms with Crippen molar-refractivity contribution in [3.63, 3.8) is 0 Å². The highest BCUT2D eigenvalue weighted by Gasteiger charge is 2.19. The lowest BCUT2D eigenvalue weighted by Crippen LogP contribution is -2.29. The van der Waals surface area contributed by atoms with Gasteiger partial charge >= 0.3 is 0 Å². The summed E-state index contributed by atoms with van der Waals surface area (Å²) in [6, 6.07) is 8.30. The molecule has 1 fully saturated rings. The summed E-state index contributed by atoms with van der Waals surface area (Å²) in [6.45, 7) is 6.16. The Labute approximate surface area is 109 Å². The van der Waals surface area contributed by atoms with Gasteiger partial charge in [-0.3, -0.25) is 4.79 Å². The largest absolute Gasteiger partial charge is 0.350 e. The van der Waals surface area contributed by atoms with E-state index in [1.54, 1.807) is 0 Å². The molecular weight excluding hydrogens is 224 g/mol. The van der Waals surface area contributed by atoms with E-state index < -0.39 is 0 Å². The van der Waals surface area contributed by atoms with E-state index in [4.69, 9.17) is 0 Å². The zero-order valence-corrected chi connectivity index (χ0v) is 11.2. The third-order valence-corrected chi connectivity index (χ3v) is 3.67. The molecular formula is C15H22N2O. The molecule has 0 aromatic heterocycles. The number of benzene rings is 1. The first kappa shape index (κ1) is 13.1. The number of rotatable bonds is 4. The van der Waals surface area contributed by atoms with E-state index >= 15 is 0 Å². The summed E-state index contributed by atoms with van der Waals surface area (Å²) in [5.74, 6) is 0.675. The Hall–Kier alpha value is -1.35. The Kier molecular flexibility index (Phi) is 4.37. The Bertz CT molecular complexity index is 411. The Balaban J connectivity index is 1.88. The number of nitrogens with one attached hydrogen (secondary N) is 2. The van der Waals surface area contributed by atoms with Crippen LogP contribution in [0.3, 0.4) is 0 Å². The van der Waals surface area contributed by atoms with Gasteiger partial charge < -0.3 is 10.6 Å². The summed E-state index contributed by atoms with van der Waals surface area (Å²) in [5.41, 5.74) is 2.43. The maximum Gasteiger partial charge on any atom is 0.220 e. The molecule has 1 aliphatic heterocycles. The minimum atomic E-state index is 0.0908. The predicted octanol–water partition coefficient (Wildman–Crippen LogP) is 2.17. The number of amides is 1. The molecule has 1 aromatic carbocycles. The molecule has 2 atom stereocenters. The molecule has 2 rings (SSSR count). The number of aryl methyl sites for hydroxylation is 1. The van der Waals surface area contributed by atoms with Crippen molar-refractivity contribution in [3.8, 4) is 0 Å². The van der Waals surface area contributed by atoms with Gasteiger partial charge in [0.2, 0.25) is 5.91 Å². The zero-order chi connectivity index (χ0) is 13.0. The van der Waals surface area contributed by atoms with Gasteiger partial charge in [0.05, 0.1) is 6.04 Å². The van der Waals surface area contributed by atoms with E-state index in [9.17, 15) is 4.79 Å². The third-order valence-electron chi connectivity index (χ3n) is 3.67. The highest BCUT2D eigenvalue weighted by molar-refractivity contribution is 5.76. The van der Waals surface area contributed by atoms with E-state index in [0.717, 1.165) is 19.5 Å². The molecule has 98 valence electrons. The van der Waals surface area contributed by atoms with E-state index in [2.05, 4.69) is 29.7 Å². The van der Waals surface area contributed by atoms with Crippen LogP contribution in [-0.2, 0) is 4.79 Å². The maximum absolute atomic E-state index is 12.0. The van der Waals surface area contributed by atoms with Gasteiger partial charge in [0, 0.05) is 6.42 Å². The van der Waals surface area contributed by atoms with E-state index in [1.165, 1.54) is 11.1 Å². The lowest BCUT2D eigenvalue weighted by Gasteiger charge is -2.17. The quantitative estimate of drug-likeness (QED) is 0.855.